The summed E-state index contributed by atoms with van der Waals surface area (Å²) in [6.45, 7) is 10.0. The summed E-state index contributed by atoms with van der Waals surface area (Å²) in [5.74, 6) is 4.47. The Morgan fingerprint density at radius 2 is 1.70 bits per heavy atom. The third kappa shape index (κ3) is 4.78. The molecule has 0 saturated carbocycles. The molecule has 0 spiro atoms. The van der Waals surface area contributed by atoms with E-state index in [1.54, 1.807) is 14.2 Å². The number of aliphatic hydroxyl groups is 1. The average molecular weight is 415 g/mol. The second-order valence-corrected chi connectivity index (χ2v) is 8.45. The molecule has 1 aromatic heterocycles. The lowest BCUT2D eigenvalue weighted by atomic mass is 9.98. The normalized spacial score (nSPS) is 14.6. The fourth-order valence-corrected chi connectivity index (χ4v) is 3.64. The molecule has 0 unspecified atom stereocenters. The van der Waals surface area contributed by atoms with Gasteiger partial charge in [-0.2, -0.15) is 0 Å². The van der Waals surface area contributed by atoms with Crippen molar-refractivity contribution >= 4 is 11.6 Å². The van der Waals surface area contributed by atoms with Crippen molar-refractivity contribution in [2.24, 2.45) is 5.92 Å². The minimum atomic E-state index is -0.0495. The van der Waals surface area contributed by atoms with Crippen LogP contribution in [0.4, 0.5) is 11.6 Å². The predicted octanol–water partition coefficient (Wildman–Crippen LogP) is 3.61. The highest BCUT2D eigenvalue weighted by molar-refractivity contribution is 5.55. The number of anilines is 2. The zero-order valence-electron chi connectivity index (χ0n) is 18.9. The zero-order valence-corrected chi connectivity index (χ0v) is 18.9. The summed E-state index contributed by atoms with van der Waals surface area (Å²) in [5, 5.41) is 13.1. The number of hydrogen-bond acceptors (Lipinski definition) is 7. The van der Waals surface area contributed by atoms with Crippen LogP contribution in [0.3, 0.4) is 0 Å². The Hall–Kier alpha value is -2.54. The maximum absolute atomic E-state index is 9.72. The molecule has 7 nitrogen and oxygen atoms in total. The molecule has 1 atom stereocenters. The lowest BCUT2D eigenvalue weighted by Crippen LogP contribution is -2.33. The summed E-state index contributed by atoms with van der Waals surface area (Å²) in [6, 6.07) is 6.08. The maximum atomic E-state index is 9.72. The van der Waals surface area contributed by atoms with Crippen molar-refractivity contribution in [3.8, 4) is 11.5 Å². The van der Waals surface area contributed by atoms with Gasteiger partial charge in [0.1, 0.15) is 17.5 Å². The fraction of sp³-hybridized carbons (Fsp3) is 0.565. The van der Waals surface area contributed by atoms with E-state index >= 15 is 0 Å². The second-order valence-electron chi connectivity index (χ2n) is 8.45. The van der Waals surface area contributed by atoms with E-state index in [9.17, 15) is 5.11 Å². The smallest absolute Gasteiger partial charge is 0.161 e. The van der Waals surface area contributed by atoms with Crippen molar-refractivity contribution in [2.45, 2.75) is 52.6 Å². The molecule has 2 aromatic rings. The third-order valence-electron chi connectivity index (χ3n) is 5.62. The number of methoxy groups -OCH3 is 2. The molecule has 0 radical (unpaired) electrons. The molecule has 0 aliphatic carbocycles. The first-order chi connectivity index (χ1) is 14.4. The van der Waals surface area contributed by atoms with E-state index in [-0.39, 0.29) is 18.6 Å². The lowest BCUT2D eigenvalue weighted by molar-refractivity contribution is 0.249. The van der Waals surface area contributed by atoms with Gasteiger partial charge in [-0.25, -0.2) is 9.97 Å². The molecule has 30 heavy (non-hydrogen) atoms. The molecule has 0 amide bonds. The Kier molecular flexibility index (Phi) is 7.02. The number of nitrogens with zero attached hydrogens (tertiary/aromatic N) is 3. The largest absolute Gasteiger partial charge is 0.493 e. The molecular weight excluding hydrogens is 380 g/mol. The highest BCUT2D eigenvalue weighted by atomic mass is 16.5. The van der Waals surface area contributed by atoms with Gasteiger partial charge in [0, 0.05) is 25.1 Å². The minimum Gasteiger partial charge on any atom is -0.493 e. The number of benzene rings is 1. The van der Waals surface area contributed by atoms with Gasteiger partial charge in [0.05, 0.1) is 26.9 Å². The molecule has 0 saturated heterocycles. The SMILES string of the molecule is COc1cc2c(cc1OC)CN(c1cc(N[C@H](CO)C(C)C)nc(C(C)C)n1)CC2. The molecule has 2 N–H and O–H groups in total. The first-order valence-electron chi connectivity index (χ1n) is 10.6. The Balaban J connectivity index is 1.92. The highest BCUT2D eigenvalue weighted by Gasteiger charge is 2.22. The number of fused-ring (bicyclic) bond motifs is 1. The average Bonchev–Trinajstić information content (AvgIpc) is 2.75. The third-order valence-corrected chi connectivity index (χ3v) is 5.62. The summed E-state index contributed by atoms with van der Waals surface area (Å²) in [6.07, 6.45) is 0.907. The molecule has 3 rings (SSSR count). The van der Waals surface area contributed by atoms with Crippen LogP contribution in [0.1, 0.15) is 50.6 Å². The van der Waals surface area contributed by atoms with Crippen LogP contribution in [0.5, 0.6) is 11.5 Å². The van der Waals surface area contributed by atoms with Crippen LogP contribution in [0, 0.1) is 5.92 Å². The second kappa shape index (κ2) is 9.51. The summed E-state index contributed by atoms with van der Waals surface area (Å²) >= 11 is 0. The van der Waals surface area contributed by atoms with Crippen molar-refractivity contribution in [2.75, 3.05) is 37.6 Å². The predicted molar refractivity (Wildman–Crippen MR) is 120 cm³/mol. The summed E-state index contributed by atoms with van der Waals surface area (Å²) in [4.78, 5) is 11.8. The van der Waals surface area contributed by atoms with Gasteiger partial charge in [-0.05, 0) is 35.6 Å². The van der Waals surface area contributed by atoms with Crippen molar-refractivity contribution in [3.05, 3.63) is 35.2 Å². The summed E-state index contributed by atoms with van der Waals surface area (Å²) in [7, 11) is 3.33. The van der Waals surface area contributed by atoms with Gasteiger partial charge in [-0.1, -0.05) is 27.7 Å². The van der Waals surface area contributed by atoms with Crippen LogP contribution in [0.25, 0.3) is 0 Å². The lowest BCUT2D eigenvalue weighted by Gasteiger charge is -2.31. The topological polar surface area (TPSA) is 79.7 Å². The molecule has 1 aliphatic heterocycles. The summed E-state index contributed by atoms with van der Waals surface area (Å²) in [5.41, 5.74) is 2.49. The van der Waals surface area contributed by atoms with Crippen LogP contribution in [-0.4, -0.2) is 48.5 Å². The highest BCUT2D eigenvalue weighted by Crippen LogP contribution is 2.34. The van der Waals surface area contributed by atoms with Crippen LogP contribution < -0.4 is 19.7 Å². The van der Waals surface area contributed by atoms with Crippen LogP contribution in [0.2, 0.25) is 0 Å². The Morgan fingerprint density at radius 3 is 2.27 bits per heavy atom. The van der Waals surface area contributed by atoms with Gasteiger partial charge in [0.2, 0.25) is 0 Å². The molecule has 2 heterocycles. The van der Waals surface area contributed by atoms with E-state index in [1.165, 1.54) is 11.1 Å². The first kappa shape index (κ1) is 22.2. The molecular formula is C23H34N4O3. The standard InChI is InChI=1S/C23H34N4O3/c1-14(2)18(13-28)24-21-11-22(26-23(25-21)15(3)4)27-8-7-16-9-19(29-5)20(30-6)10-17(16)12-27/h9-11,14-15,18,28H,7-8,12-13H2,1-6H3,(H,24,25,26)/t18-/m1/s1. The Bertz CT molecular complexity index is 870. The minimum absolute atomic E-state index is 0.0495. The number of nitrogens with one attached hydrogen (secondary N) is 1. The quantitative estimate of drug-likeness (QED) is 0.683. The van der Waals surface area contributed by atoms with Gasteiger partial charge in [-0.3, -0.25) is 0 Å². The van der Waals surface area contributed by atoms with E-state index in [2.05, 4.69) is 50.0 Å². The summed E-state index contributed by atoms with van der Waals surface area (Å²) < 4.78 is 10.9. The van der Waals surface area contributed by atoms with Gasteiger partial charge < -0.3 is 24.8 Å². The number of aliphatic hydroxyl groups excluding tert-OH is 1. The van der Waals surface area contributed by atoms with E-state index < -0.39 is 0 Å². The van der Waals surface area contributed by atoms with Crippen molar-refractivity contribution in [1.29, 1.82) is 0 Å². The van der Waals surface area contributed by atoms with E-state index in [0.29, 0.717) is 5.92 Å². The van der Waals surface area contributed by atoms with E-state index in [1.807, 2.05) is 6.07 Å². The molecule has 0 fully saturated rings. The van der Waals surface area contributed by atoms with Gasteiger partial charge in [0.15, 0.2) is 11.5 Å². The van der Waals surface area contributed by atoms with Crippen LogP contribution in [0.15, 0.2) is 18.2 Å². The Labute approximate surface area is 179 Å². The zero-order chi connectivity index (χ0) is 21.8. The molecule has 1 aliphatic rings. The Morgan fingerprint density at radius 1 is 1.03 bits per heavy atom. The number of hydrogen-bond donors (Lipinski definition) is 2. The number of rotatable bonds is 8. The van der Waals surface area contributed by atoms with E-state index in [0.717, 1.165) is 48.5 Å². The maximum Gasteiger partial charge on any atom is 0.161 e. The van der Waals surface area contributed by atoms with Crippen molar-refractivity contribution in [1.82, 2.24) is 9.97 Å². The van der Waals surface area contributed by atoms with Crippen LogP contribution >= 0.6 is 0 Å². The molecule has 7 heteroatoms. The van der Waals surface area contributed by atoms with Gasteiger partial charge in [-0.15, -0.1) is 0 Å². The molecule has 1 aromatic carbocycles. The fourth-order valence-electron chi connectivity index (χ4n) is 3.64. The number of aromatic nitrogens is 2. The number of ether oxygens (including phenoxy) is 2. The van der Waals surface area contributed by atoms with Crippen molar-refractivity contribution < 1.29 is 14.6 Å². The molecule has 164 valence electrons. The van der Waals surface area contributed by atoms with Crippen molar-refractivity contribution in [3.63, 3.8) is 0 Å². The van der Waals surface area contributed by atoms with Gasteiger partial charge >= 0.3 is 0 Å². The monoisotopic (exact) mass is 414 g/mol. The molecule has 0 bridgehead atoms. The van der Waals surface area contributed by atoms with E-state index in [4.69, 9.17) is 19.4 Å². The van der Waals surface area contributed by atoms with Gasteiger partial charge in [0.25, 0.3) is 0 Å². The first-order valence-corrected chi connectivity index (χ1v) is 10.6. The van der Waals surface area contributed by atoms with Crippen LogP contribution in [-0.2, 0) is 13.0 Å².